The normalized spacial score (nSPS) is 13.0. The first kappa shape index (κ1) is 15.2. The van der Waals surface area contributed by atoms with Gasteiger partial charge in [0.1, 0.15) is 0 Å². The molecule has 0 amide bonds. The molecule has 0 heterocycles. The summed E-state index contributed by atoms with van der Waals surface area (Å²) in [5.41, 5.74) is 4.17. The molecule has 1 aromatic carbocycles. The van der Waals surface area contributed by atoms with E-state index in [1.807, 2.05) is 0 Å². The lowest BCUT2D eigenvalue weighted by atomic mass is 10.0. The van der Waals surface area contributed by atoms with Crippen molar-refractivity contribution in [3.05, 3.63) is 34.9 Å². The summed E-state index contributed by atoms with van der Waals surface area (Å²) < 4.78 is 0. The van der Waals surface area contributed by atoms with E-state index in [1.54, 1.807) is 0 Å². The highest BCUT2D eigenvalue weighted by Crippen LogP contribution is 2.16. The van der Waals surface area contributed by atoms with Crippen molar-refractivity contribution >= 4 is 0 Å². The second-order valence-electron chi connectivity index (χ2n) is 5.91. The molecule has 0 aliphatic heterocycles. The van der Waals surface area contributed by atoms with Crippen LogP contribution in [-0.4, -0.2) is 6.54 Å². The molecule has 1 aromatic rings. The van der Waals surface area contributed by atoms with Crippen molar-refractivity contribution in [2.75, 3.05) is 6.54 Å². The quantitative estimate of drug-likeness (QED) is 0.684. The molecular formula is C17H29N. The van der Waals surface area contributed by atoms with Crippen LogP contribution in [0.1, 0.15) is 62.8 Å². The van der Waals surface area contributed by atoms with Crippen molar-refractivity contribution < 1.29 is 0 Å². The number of rotatable bonds is 7. The molecule has 1 N–H and O–H groups in total. The number of nitrogens with one attached hydrogen (secondary N) is 1. The molecule has 0 aromatic heterocycles. The number of hydrogen-bond donors (Lipinski definition) is 1. The van der Waals surface area contributed by atoms with E-state index >= 15 is 0 Å². The molecule has 0 saturated carbocycles. The zero-order valence-corrected chi connectivity index (χ0v) is 12.7. The van der Waals surface area contributed by atoms with Crippen molar-refractivity contribution in [2.24, 2.45) is 5.92 Å². The Morgan fingerprint density at radius 3 is 2.33 bits per heavy atom. The van der Waals surface area contributed by atoms with Gasteiger partial charge in [0.2, 0.25) is 0 Å². The summed E-state index contributed by atoms with van der Waals surface area (Å²) in [6.07, 6.45) is 3.97. The Morgan fingerprint density at radius 1 is 1.00 bits per heavy atom. The van der Waals surface area contributed by atoms with Crippen LogP contribution < -0.4 is 5.32 Å². The third kappa shape index (κ3) is 5.22. The van der Waals surface area contributed by atoms with E-state index in [4.69, 9.17) is 0 Å². The molecule has 0 radical (unpaired) electrons. The minimum atomic E-state index is 0.461. The average molecular weight is 247 g/mol. The lowest BCUT2D eigenvalue weighted by molar-refractivity contribution is 0.498. The topological polar surface area (TPSA) is 12.0 Å². The molecule has 0 aliphatic carbocycles. The van der Waals surface area contributed by atoms with E-state index < -0.39 is 0 Å². The van der Waals surface area contributed by atoms with E-state index in [2.05, 4.69) is 58.1 Å². The van der Waals surface area contributed by atoms with E-state index in [-0.39, 0.29) is 0 Å². The Morgan fingerprint density at radius 2 is 1.72 bits per heavy atom. The van der Waals surface area contributed by atoms with Gasteiger partial charge in [-0.25, -0.2) is 0 Å². The predicted octanol–water partition coefficient (Wildman–Crippen LogP) is 4.78. The Kier molecular flexibility index (Phi) is 6.42. The maximum atomic E-state index is 3.62. The Bertz CT molecular complexity index is 355. The number of aryl methyl sites for hydroxylation is 2. The first-order valence-corrected chi connectivity index (χ1v) is 7.31. The van der Waals surface area contributed by atoms with Gasteiger partial charge in [-0.05, 0) is 56.3 Å². The van der Waals surface area contributed by atoms with E-state index in [0.717, 1.165) is 12.5 Å². The molecule has 0 saturated heterocycles. The van der Waals surface area contributed by atoms with Crippen LogP contribution >= 0.6 is 0 Å². The Balaban J connectivity index is 2.31. The van der Waals surface area contributed by atoms with Gasteiger partial charge in [-0.2, -0.15) is 0 Å². The van der Waals surface area contributed by atoms with Crippen molar-refractivity contribution in [2.45, 2.75) is 59.9 Å². The Labute approximate surface area is 113 Å². The highest BCUT2D eigenvalue weighted by atomic mass is 14.9. The molecule has 1 nitrogen and oxygen atoms in total. The summed E-state index contributed by atoms with van der Waals surface area (Å²) in [4.78, 5) is 0. The fourth-order valence-electron chi connectivity index (χ4n) is 2.15. The highest BCUT2D eigenvalue weighted by Gasteiger charge is 2.05. The number of unbranched alkanes of at least 4 members (excludes halogenated alkanes) is 1. The van der Waals surface area contributed by atoms with Gasteiger partial charge in [0.25, 0.3) is 0 Å². The van der Waals surface area contributed by atoms with Gasteiger partial charge in [-0.1, -0.05) is 44.9 Å². The minimum absolute atomic E-state index is 0.461. The molecule has 1 heteroatoms. The zero-order valence-electron chi connectivity index (χ0n) is 12.7. The first-order valence-electron chi connectivity index (χ1n) is 7.31. The molecule has 0 spiro atoms. The zero-order chi connectivity index (χ0) is 13.5. The van der Waals surface area contributed by atoms with Crippen LogP contribution in [0.3, 0.4) is 0 Å². The fraction of sp³-hybridized carbons (Fsp3) is 0.647. The lowest BCUT2D eigenvalue weighted by Crippen LogP contribution is -2.20. The largest absolute Gasteiger partial charge is 0.310 e. The lowest BCUT2D eigenvalue weighted by Gasteiger charge is -2.16. The number of hydrogen-bond acceptors (Lipinski definition) is 1. The summed E-state index contributed by atoms with van der Waals surface area (Å²) in [7, 11) is 0. The summed E-state index contributed by atoms with van der Waals surface area (Å²) in [6, 6.07) is 7.24. The van der Waals surface area contributed by atoms with Crippen LogP contribution in [0.4, 0.5) is 0 Å². The number of benzene rings is 1. The molecule has 1 atom stereocenters. The van der Waals surface area contributed by atoms with Gasteiger partial charge in [-0.15, -0.1) is 0 Å². The molecule has 0 bridgehead atoms. The SMILES string of the molecule is Cc1ccc(C(C)NCCCCC(C)C)cc1C. The third-order valence-electron chi connectivity index (χ3n) is 3.69. The van der Waals surface area contributed by atoms with Gasteiger partial charge in [0.15, 0.2) is 0 Å². The van der Waals surface area contributed by atoms with Crippen LogP contribution in [-0.2, 0) is 0 Å². The maximum Gasteiger partial charge on any atom is 0.0291 e. The highest BCUT2D eigenvalue weighted by molar-refractivity contribution is 5.31. The first-order chi connectivity index (χ1) is 8.50. The molecule has 0 aliphatic rings. The van der Waals surface area contributed by atoms with E-state index in [0.29, 0.717) is 6.04 Å². The molecule has 1 unspecified atom stereocenters. The van der Waals surface area contributed by atoms with Gasteiger partial charge < -0.3 is 5.32 Å². The molecule has 0 fully saturated rings. The van der Waals surface area contributed by atoms with Crippen molar-refractivity contribution in [3.8, 4) is 0 Å². The summed E-state index contributed by atoms with van der Waals surface area (Å²) in [5, 5.41) is 3.62. The fourth-order valence-corrected chi connectivity index (χ4v) is 2.15. The van der Waals surface area contributed by atoms with Crippen LogP contribution in [0.2, 0.25) is 0 Å². The maximum absolute atomic E-state index is 3.62. The monoisotopic (exact) mass is 247 g/mol. The van der Waals surface area contributed by atoms with Crippen molar-refractivity contribution in [1.82, 2.24) is 5.32 Å². The predicted molar refractivity (Wildman–Crippen MR) is 81.0 cm³/mol. The summed E-state index contributed by atoms with van der Waals surface area (Å²) >= 11 is 0. The molecule has 18 heavy (non-hydrogen) atoms. The van der Waals surface area contributed by atoms with E-state index in [1.165, 1.54) is 36.0 Å². The van der Waals surface area contributed by atoms with Gasteiger partial charge >= 0.3 is 0 Å². The summed E-state index contributed by atoms with van der Waals surface area (Å²) in [5.74, 6) is 0.835. The molecular weight excluding hydrogens is 218 g/mol. The third-order valence-corrected chi connectivity index (χ3v) is 3.69. The molecule has 1 rings (SSSR count). The molecule has 102 valence electrons. The van der Waals surface area contributed by atoms with Crippen LogP contribution in [0.25, 0.3) is 0 Å². The standard InChI is InChI=1S/C17H29N/c1-13(2)8-6-7-11-18-16(5)17-10-9-14(3)15(4)12-17/h9-10,12-13,16,18H,6-8,11H2,1-5H3. The second kappa shape index (κ2) is 7.58. The van der Waals surface area contributed by atoms with Crippen molar-refractivity contribution in [1.29, 1.82) is 0 Å². The summed E-state index contributed by atoms with van der Waals surface area (Å²) in [6.45, 7) is 12.3. The second-order valence-corrected chi connectivity index (χ2v) is 5.91. The van der Waals surface area contributed by atoms with Gasteiger partial charge in [-0.3, -0.25) is 0 Å². The van der Waals surface area contributed by atoms with Crippen molar-refractivity contribution in [3.63, 3.8) is 0 Å². The average Bonchev–Trinajstić information content (AvgIpc) is 2.31. The van der Waals surface area contributed by atoms with Gasteiger partial charge in [0, 0.05) is 6.04 Å². The minimum Gasteiger partial charge on any atom is -0.310 e. The van der Waals surface area contributed by atoms with Crippen LogP contribution in [0.5, 0.6) is 0 Å². The van der Waals surface area contributed by atoms with Crippen LogP contribution in [0.15, 0.2) is 18.2 Å². The smallest absolute Gasteiger partial charge is 0.0291 e. The van der Waals surface area contributed by atoms with Gasteiger partial charge in [0.05, 0.1) is 0 Å². The van der Waals surface area contributed by atoms with E-state index in [9.17, 15) is 0 Å². The Hall–Kier alpha value is -0.820. The van der Waals surface area contributed by atoms with Crippen LogP contribution in [0, 0.1) is 19.8 Å².